The van der Waals surface area contributed by atoms with Crippen LogP contribution in [0, 0.1) is 5.92 Å². The van der Waals surface area contributed by atoms with Gasteiger partial charge in [0.05, 0.1) is 6.04 Å². The number of halogens is 1. The zero-order valence-electron chi connectivity index (χ0n) is 11.2. The number of amides is 1. The molecule has 4 nitrogen and oxygen atoms in total. The molecule has 2 rings (SSSR count). The second kappa shape index (κ2) is 7.36. The molecule has 2 atom stereocenters. The lowest BCUT2D eigenvalue weighted by atomic mass is 10.1. The summed E-state index contributed by atoms with van der Waals surface area (Å²) in [5, 5.41) is 2.91. The van der Waals surface area contributed by atoms with Crippen molar-refractivity contribution in [1.82, 2.24) is 5.32 Å². The molecule has 1 fully saturated rings. The van der Waals surface area contributed by atoms with E-state index in [0.29, 0.717) is 5.92 Å². The average molecular weight is 284 g/mol. The van der Waals surface area contributed by atoms with E-state index in [4.69, 9.17) is 5.73 Å². The molecule has 0 radical (unpaired) electrons. The molecule has 19 heavy (non-hydrogen) atoms. The van der Waals surface area contributed by atoms with Crippen LogP contribution in [0.5, 0.6) is 0 Å². The minimum absolute atomic E-state index is 0. The smallest absolute Gasteiger partial charge is 0.236 e. The molecular formula is C14H22ClN3O. The van der Waals surface area contributed by atoms with Crippen LogP contribution in [0.3, 0.4) is 0 Å². The second-order valence-electron chi connectivity index (χ2n) is 4.97. The average Bonchev–Trinajstić information content (AvgIpc) is 2.85. The first kappa shape index (κ1) is 15.8. The van der Waals surface area contributed by atoms with Crippen LogP contribution in [0.4, 0.5) is 5.69 Å². The van der Waals surface area contributed by atoms with E-state index in [-0.39, 0.29) is 18.3 Å². The van der Waals surface area contributed by atoms with Gasteiger partial charge in [-0.05, 0) is 31.4 Å². The van der Waals surface area contributed by atoms with E-state index < -0.39 is 6.04 Å². The topological polar surface area (TPSA) is 58.4 Å². The predicted octanol–water partition coefficient (Wildman–Crippen LogP) is 1.40. The van der Waals surface area contributed by atoms with E-state index in [1.165, 1.54) is 5.69 Å². The minimum Gasteiger partial charge on any atom is -0.371 e. The number of carbonyl (C=O) groups excluding carboxylic acids is 1. The maximum absolute atomic E-state index is 11.4. The second-order valence-corrected chi connectivity index (χ2v) is 4.97. The maximum atomic E-state index is 11.4. The van der Waals surface area contributed by atoms with E-state index >= 15 is 0 Å². The highest BCUT2D eigenvalue weighted by Gasteiger charge is 2.23. The van der Waals surface area contributed by atoms with Gasteiger partial charge in [0, 0.05) is 25.3 Å². The van der Waals surface area contributed by atoms with Crippen molar-refractivity contribution in [2.24, 2.45) is 11.7 Å². The first-order valence-electron chi connectivity index (χ1n) is 6.50. The van der Waals surface area contributed by atoms with Crippen molar-refractivity contribution < 1.29 is 4.79 Å². The molecule has 0 aromatic heterocycles. The lowest BCUT2D eigenvalue weighted by Gasteiger charge is -2.19. The van der Waals surface area contributed by atoms with E-state index in [9.17, 15) is 4.79 Å². The Morgan fingerprint density at radius 3 is 2.79 bits per heavy atom. The SMILES string of the molecule is CC(N)C(=O)NCC1CCN(c2ccccc2)C1.Cl. The van der Waals surface area contributed by atoms with Crippen molar-refractivity contribution in [3.63, 3.8) is 0 Å². The molecule has 2 unspecified atom stereocenters. The van der Waals surface area contributed by atoms with E-state index in [1.807, 2.05) is 6.07 Å². The van der Waals surface area contributed by atoms with Crippen LogP contribution in [-0.2, 0) is 4.79 Å². The van der Waals surface area contributed by atoms with Crippen LogP contribution in [0.2, 0.25) is 0 Å². The van der Waals surface area contributed by atoms with Gasteiger partial charge < -0.3 is 16.0 Å². The summed E-state index contributed by atoms with van der Waals surface area (Å²) in [6.45, 7) is 4.50. The summed E-state index contributed by atoms with van der Waals surface area (Å²) in [4.78, 5) is 13.8. The molecule has 1 aliphatic heterocycles. The number of carbonyl (C=O) groups is 1. The van der Waals surface area contributed by atoms with Gasteiger partial charge >= 0.3 is 0 Å². The summed E-state index contributed by atoms with van der Waals surface area (Å²) in [6.07, 6.45) is 1.12. The van der Waals surface area contributed by atoms with E-state index in [0.717, 1.165) is 26.1 Å². The number of benzene rings is 1. The molecule has 1 aliphatic rings. The molecule has 0 bridgehead atoms. The molecule has 3 N–H and O–H groups in total. The maximum Gasteiger partial charge on any atom is 0.236 e. The van der Waals surface area contributed by atoms with Crippen LogP contribution < -0.4 is 16.0 Å². The highest BCUT2D eigenvalue weighted by Crippen LogP contribution is 2.22. The quantitative estimate of drug-likeness (QED) is 0.878. The molecule has 1 amide bonds. The molecule has 1 aromatic rings. The van der Waals surface area contributed by atoms with Gasteiger partial charge in [0.15, 0.2) is 0 Å². The van der Waals surface area contributed by atoms with Crippen LogP contribution in [0.1, 0.15) is 13.3 Å². The number of nitrogens with zero attached hydrogens (tertiary/aromatic N) is 1. The van der Waals surface area contributed by atoms with Crippen LogP contribution in [0.25, 0.3) is 0 Å². The Morgan fingerprint density at radius 2 is 2.16 bits per heavy atom. The highest BCUT2D eigenvalue weighted by atomic mass is 35.5. The number of para-hydroxylation sites is 1. The van der Waals surface area contributed by atoms with Crippen LogP contribution in [0.15, 0.2) is 30.3 Å². The number of nitrogens with two attached hydrogens (primary N) is 1. The first-order valence-corrected chi connectivity index (χ1v) is 6.50. The van der Waals surface area contributed by atoms with Crippen molar-refractivity contribution in [2.45, 2.75) is 19.4 Å². The Labute approximate surface area is 120 Å². The standard InChI is InChI=1S/C14H21N3O.ClH/c1-11(15)14(18)16-9-12-7-8-17(10-12)13-5-3-2-4-6-13;/h2-6,11-12H,7-10,15H2,1H3,(H,16,18);1H. The Balaban J connectivity index is 0.00000180. The van der Waals surface area contributed by atoms with Gasteiger partial charge in [0.1, 0.15) is 0 Å². The van der Waals surface area contributed by atoms with Gasteiger partial charge in [0.25, 0.3) is 0 Å². The normalized spacial score (nSPS) is 19.7. The highest BCUT2D eigenvalue weighted by molar-refractivity contribution is 5.85. The number of hydrogen-bond donors (Lipinski definition) is 2. The van der Waals surface area contributed by atoms with Gasteiger partial charge in [-0.15, -0.1) is 12.4 Å². The van der Waals surface area contributed by atoms with Gasteiger partial charge in [-0.3, -0.25) is 4.79 Å². The van der Waals surface area contributed by atoms with Crippen LogP contribution in [-0.4, -0.2) is 31.6 Å². The van der Waals surface area contributed by atoms with E-state index in [1.54, 1.807) is 6.92 Å². The fourth-order valence-electron chi connectivity index (χ4n) is 2.28. The summed E-state index contributed by atoms with van der Waals surface area (Å²) < 4.78 is 0. The molecule has 1 aromatic carbocycles. The van der Waals surface area contributed by atoms with Gasteiger partial charge in [-0.25, -0.2) is 0 Å². The molecule has 0 saturated carbocycles. The fraction of sp³-hybridized carbons (Fsp3) is 0.500. The third kappa shape index (κ3) is 4.40. The molecule has 1 saturated heterocycles. The summed E-state index contributed by atoms with van der Waals surface area (Å²) in [7, 11) is 0. The zero-order chi connectivity index (χ0) is 13.0. The monoisotopic (exact) mass is 283 g/mol. The molecule has 0 spiro atoms. The van der Waals surface area contributed by atoms with Crippen molar-refractivity contribution in [1.29, 1.82) is 0 Å². The van der Waals surface area contributed by atoms with Crippen molar-refractivity contribution >= 4 is 24.0 Å². The Bertz CT molecular complexity index is 397. The van der Waals surface area contributed by atoms with Crippen LogP contribution >= 0.6 is 12.4 Å². The van der Waals surface area contributed by atoms with Crippen molar-refractivity contribution in [2.75, 3.05) is 24.5 Å². The molecule has 1 heterocycles. The van der Waals surface area contributed by atoms with Crippen molar-refractivity contribution in [3.05, 3.63) is 30.3 Å². The fourth-order valence-corrected chi connectivity index (χ4v) is 2.28. The Kier molecular flexibility index (Phi) is 6.12. The number of rotatable bonds is 4. The summed E-state index contributed by atoms with van der Waals surface area (Å²) >= 11 is 0. The molecular weight excluding hydrogens is 262 g/mol. The summed E-state index contributed by atoms with van der Waals surface area (Å²) in [5.74, 6) is 0.459. The molecule has 106 valence electrons. The summed E-state index contributed by atoms with van der Waals surface area (Å²) in [5.41, 5.74) is 6.78. The number of hydrogen-bond acceptors (Lipinski definition) is 3. The Hall–Kier alpha value is -1.26. The molecule has 0 aliphatic carbocycles. The van der Waals surface area contributed by atoms with E-state index in [2.05, 4.69) is 34.5 Å². The lowest BCUT2D eigenvalue weighted by Crippen LogP contribution is -2.40. The first-order chi connectivity index (χ1) is 8.66. The third-order valence-corrected chi connectivity index (χ3v) is 3.39. The van der Waals surface area contributed by atoms with Gasteiger partial charge in [0.2, 0.25) is 5.91 Å². The number of nitrogens with one attached hydrogen (secondary N) is 1. The minimum atomic E-state index is -0.420. The number of anilines is 1. The summed E-state index contributed by atoms with van der Waals surface area (Å²) in [6, 6.07) is 9.98. The Morgan fingerprint density at radius 1 is 1.47 bits per heavy atom. The van der Waals surface area contributed by atoms with Gasteiger partial charge in [-0.2, -0.15) is 0 Å². The predicted molar refractivity (Wildman–Crippen MR) is 80.7 cm³/mol. The largest absolute Gasteiger partial charge is 0.371 e. The third-order valence-electron chi connectivity index (χ3n) is 3.39. The van der Waals surface area contributed by atoms with Crippen molar-refractivity contribution in [3.8, 4) is 0 Å². The lowest BCUT2D eigenvalue weighted by molar-refractivity contribution is -0.122. The van der Waals surface area contributed by atoms with Gasteiger partial charge in [-0.1, -0.05) is 18.2 Å². The zero-order valence-corrected chi connectivity index (χ0v) is 12.0. The molecule has 5 heteroatoms.